The van der Waals surface area contributed by atoms with Crippen molar-refractivity contribution in [2.24, 2.45) is 0 Å². The van der Waals surface area contributed by atoms with Gasteiger partial charge in [0, 0.05) is 26.3 Å². The Morgan fingerprint density at radius 1 is 1.28 bits per heavy atom. The summed E-state index contributed by atoms with van der Waals surface area (Å²) in [5.41, 5.74) is 1.72. The van der Waals surface area contributed by atoms with E-state index >= 15 is 0 Å². The van der Waals surface area contributed by atoms with E-state index in [0.29, 0.717) is 11.6 Å². The summed E-state index contributed by atoms with van der Waals surface area (Å²) in [6.07, 6.45) is 0.983. The minimum atomic E-state index is -0.303. The maximum Gasteiger partial charge on any atom is 0.337 e. The third-order valence-electron chi connectivity index (χ3n) is 2.78. The van der Waals surface area contributed by atoms with Crippen LogP contribution in [0.25, 0.3) is 0 Å². The molecule has 1 rings (SSSR count). The molecule has 1 N–H and O–H groups in total. The molecular formula is C14H21NO3. The molecule has 0 fully saturated rings. The summed E-state index contributed by atoms with van der Waals surface area (Å²) in [6, 6.07) is 7.83. The van der Waals surface area contributed by atoms with E-state index in [4.69, 9.17) is 4.74 Å². The minimum absolute atomic E-state index is 0.303. The Bertz CT molecular complexity index is 362. The standard InChI is InChI=1S/C14H21NO3/c1-11(8-9-17-2)15-10-12-4-6-13(7-5-12)14(16)18-3/h4-7,11,15H,8-10H2,1-3H3. The zero-order chi connectivity index (χ0) is 13.4. The maximum absolute atomic E-state index is 11.3. The Morgan fingerprint density at radius 2 is 1.94 bits per heavy atom. The molecule has 0 spiro atoms. The largest absolute Gasteiger partial charge is 0.465 e. The lowest BCUT2D eigenvalue weighted by molar-refractivity contribution is 0.0600. The lowest BCUT2D eigenvalue weighted by Crippen LogP contribution is -2.26. The highest BCUT2D eigenvalue weighted by Gasteiger charge is 2.05. The number of methoxy groups -OCH3 is 2. The molecule has 18 heavy (non-hydrogen) atoms. The molecule has 0 radical (unpaired) electrons. The van der Waals surface area contributed by atoms with Gasteiger partial charge in [0.25, 0.3) is 0 Å². The summed E-state index contributed by atoms with van der Waals surface area (Å²) in [5.74, 6) is -0.303. The fourth-order valence-electron chi connectivity index (χ4n) is 1.57. The Morgan fingerprint density at radius 3 is 2.50 bits per heavy atom. The summed E-state index contributed by atoms with van der Waals surface area (Å²) in [4.78, 5) is 11.3. The van der Waals surface area contributed by atoms with E-state index in [0.717, 1.165) is 25.1 Å². The van der Waals surface area contributed by atoms with Crippen molar-refractivity contribution < 1.29 is 14.3 Å². The predicted molar refractivity (Wildman–Crippen MR) is 70.6 cm³/mol. The quantitative estimate of drug-likeness (QED) is 0.753. The van der Waals surface area contributed by atoms with E-state index in [1.807, 2.05) is 12.1 Å². The van der Waals surface area contributed by atoms with Crippen molar-refractivity contribution in [3.63, 3.8) is 0 Å². The van der Waals surface area contributed by atoms with Gasteiger partial charge < -0.3 is 14.8 Å². The maximum atomic E-state index is 11.3. The number of nitrogens with one attached hydrogen (secondary N) is 1. The molecule has 0 bridgehead atoms. The van der Waals surface area contributed by atoms with Crippen LogP contribution in [0.1, 0.15) is 29.3 Å². The van der Waals surface area contributed by atoms with Crippen molar-refractivity contribution in [3.8, 4) is 0 Å². The predicted octanol–water partition coefficient (Wildman–Crippen LogP) is 1.99. The molecule has 0 amide bonds. The first-order chi connectivity index (χ1) is 8.67. The number of esters is 1. The van der Waals surface area contributed by atoms with Crippen LogP contribution in [0.15, 0.2) is 24.3 Å². The molecular weight excluding hydrogens is 230 g/mol. The van der Waals surface area contributed by atoms with E-state index in [-0.39, 0.29) is 5.97 Å². The van der Waals surface area contributed by atoms with Crippen LogP contribution in [-0.2, 0) is 16.0 Å². The number of carbonyl (C=O) groups excluding carboxylic acids is 1. The van der Waals surface area contributed by atoms with Crippen molar-refractivity contribution in [2.75, 3.05) is 20.8 Å². The Kier molecular flexibility index (Phi) is 6.39. The molecule has 1 unspecified atom stereocenters. The monoisotopic (exact) mass is 251 g/mol. The lowest BCUT2D eigenvalue weighted by atomic mass is 10.1. The van der Waals surface area contributed by atoms with Gasteiger partial charge in [-0.2, -0.15) is 0 Å². The second-order valence-corrected chi connectivity index (χ2v) is 4.25. The average Bonchev–Trinajstić information content (AvgIpc) is 2.42. The molecule has 100 valence electrons. The zero-order valence-corrected chi connectivity index (χ0v) is 11.2. The van der Waals surface area contributed by atoms with Crippen molar-refractivity contribution in [1.82, 2.24) is 5.32 Å². The number of hydrogen-bond acceptors (Lipinski definition) is 4. The first-order valence-electron chi connectivity index (χ1n) is 6.07. The van der Waals surface area contributed by atoms with Crippen LogP contribution < -0.4 is 5.32 Å². The highest BCUT2D eigenvalue weighted by atomic mass is 16.5. The van der Waals surface area contributed by atoms with Crippen molar-refractivity contribution in [3.05, 3.63) is 35.4 Å². The van der Waals surface area contributed by atoms with Gasteiger partial charge >= 0.3 is 5.97 Å². The fraction of sp³-hybridized carbons (Fsp3) is 0.500. The van der Waals surface area contributed by atoms with Crippen LogP contribution >= 0.6 is 0 Å². The third kappa shape index (κ3) is 4.85. The summed E-state index contributed by atoms with van der Waals surface area (Å²) < 4.78 is 9.68. The smallest absolute Gasteiger partial charge is 0.337 e. The van der Waals surface area contributed by atoms with Gasteiger partial charge in [0.05, 0.1) is 12.7 Å². The van der Waals surface area contributed by atoms with Gasteiger partial charge in [0.1, 0.15) is 0 Å². The normalized spacial score (nSPS) is 12.2. The fourth-order valence-corrected chi connectivity index (χ4v) is 1.57. The topological polar surface area (TPSA) is 47.6 Å². The van der Waals surface area contributed by atoms with Crippen molar-refractivity contribution >= 4 is 5.97 Å². The number of ether oxygens (including phenoxy) is 2. The highest BCUT2D eigenvalue weighted by molar-refractivity contribution is 5.89. The molecule has 1 aromatic carbocycles. The van der Waals surface area contributed by atoms with E-state index in [1.165, 1.54) is 7.11 Å². The van der Waals surface area contributed by atoms with Gasteiger partial charge in [-0.25, -0.2) is 4.79 Å². The SMILES string of the molecule is COCCC(C)NCc1ccc(C(=O)OC)cc1. The average molecular weight is 251 g/mol. The third-order valence-corrected chi connectivity index (χ3v) is 2.78. The summed E-state index contributed by atoms with van der Waals surface area (Å²) in [6.45, 7) is 3.67. The van der Waals surface area contributed by atoms with Gasteiger partial charge in [-0.3, -0.25) is 0 Å². The molecule has 4 nitrogen and oxygen atoms in total. The molecule has 0 aromatic heterocycles. The minimum Gasteiger partial charge on any atom is -0.465 e. The first kappa shape index (κ1) is 14.7. The number of rotatable bonds is 7. The Hall–Kier alpha value is -1.39. The summed E-state index contributed by atoms with van der Waals surface area (Å²) in [7, 11) is 3.09. The molecule has 0 aliphatic rings. The highest BCUT2D eigenvalue weighted by Crippen LogP contribution is 2.06. The number of carbonyl (C=O) groups is 1. The van der Waals surface area contributed by atoms with Gasteiger partial charge in [-0.1, -0.05) is 12.1 Å². The summed E-state index contributed by atoms with van der Waals surface area (Å²) in [5, 5.41) is 3.40. The number of hydrogen-bond donors (Lipinski definition) is 1. The second-order valence-electron chi connectivity index (χ2n) is 4.25. The van der Waals surface area contributed by atoms with Crippen LogP contribution in [-0.4, -0.2) is 32.8 Å². The Balaban J connectivity index is 2.41. The molecule has 4 heteroatoms. The van der Waals surface area contributed by atoms with E-state index in [2.05, 4.69) is 17.0 Å². The Labute approximate surface area is 108 Å². The van der Waals surface area contributed by atoms with Crippen molar-refractivity contribution in [2.45, 2.75) is 25.9 Å². The molecule has 1 aromatic rings. The first-order valence-corrected chi connectivity index (χ1v) is 6.07. The molecule has 0 aliphatic heterocycles. The van der Waals surface area contributed by atoms with E-state index in [9.17, 15) is 4.79 Å². The van der Waals surface area contributed by atoms with Gasteiger partial charge in [-0.15, -0.1) is 0 Å². The van der Waals surface area contributed by atoms with E-state index < -0.39 is 0 Å². The van der Waals surface area contributed by atoms with E-state index in [1.54, 1.807) is 19.2 Å². The van der Waals surface area contributed by atoms with Crippen LogP contribution in [0.3, 0.4) is 0 Å². The summed E-state index contributed by atoms with van der Waals surface area (Å²) >= 11 is 0. The molecule has 0 saturated heterocycles. The van der Waals surface area contributed by atoms with Crippen LogP contribution in [0.5, 0.6) is 0 Å². The van der Waals surface area contributed by atoms with Crippen LogP contribution in [0, 0.1) is 0 Å². The zero-order valence-electron chi connectivity index (χ0n) is 11.2. The lowest BCUT2D eigenvalue weighted by Gasteiger charge is -2.13. The van der Waals surface area contributed by atoms with Gasteiger partial charge in [-0.05, 0) is 31.0 Å². The second kappa shape index (κ2) is 7.84. The van der Waals surface area contributed by atoms with Crippen LogP contribution in [0.2, 0.25) is 0 Å². The van der Waals surface area contributed by atoms with Gasteiger partial charge in [0.15, 0.2) is 0 Å². The molecule has 0 aliphatic carbocycles. The molecule has 0 saturated carbocycles. The van der Waals surface area contributed by atoms with Crippen LogP contribution in [0.4, 0.5) is 0 Å². The van der Waals surface area contributed by atoms with Crippen molar-refractivity contribution in [1.29, 1.82) is 0 Å². The number of benzene rings is 1. The van der Waals surface area contributed by atoms with Gasteiger partial charge in [0.2, 0.25) is 0 Å². The molecule has 1 atom stereocenters. The molecule has 0 heterocycles.